The molecule has 0 bridgehead atoms. The monoisotopic (exact) mass is 245 g/mol. The third-order valence-corrected chi connectivity index (χ3v) is 3.49. The number of furan rings is 1. The van der Waals surface area contributed by atoms with Gasteiger partial charge in [-0.1, -0.05) is 18.2 Å². The Morgan fingerprint density at radius 2 is 1.94 bits per heavy atom. The van der Waals surface area contributed by atoms with Gasteiger partial charge in [0.1, 0.15) is 5.58 Å². The van der Waals surface area contributed by atoms with E-state index in [0.29, 0.717) is 31.8 Å². The van der Waals surface area contributed by atoms with Crippen molar-refractivity contribution in [3.05, 3.63) is 36.1 Å². The van der Waals surface area contributed by atoms with E-state index >= 15 is 0 Å². The van der Waals surface area contributed by atoms with Crippen molar-refractivity contribution in [1.29, 1.82) is 0 Å². The summed E-state index contributed by atoms with van der Waals surface area (Å²) in [5.41, 5.74) is 6.04. The number of hydrogen-bond acceptors (Lipinski definition) is 4. The average Bonchev–Trinajstić information content (AvgIpc) is 2.82. The van der Waals surface area contributed by atoms with Crippen LogP contribution in [0.2, 0.25) is 0 Å². The van der Waals surface area contributed by atoms with Crippen molar-refractivity contribution >= 4 is 16.8 Å². The van der Waals surface area contributed by atoms with E-state index in [2.05, 4.69) is 0 Å². The molecule has 1 aliphatic rings. The molecule has 3 rings (SSSR count). The van der Waals surface area contributed by atoms with Crippen molar-refractivity contribution in [2.45, 2.75) is 18.4 Å². The second-order valence-electron chi connectivity index (χ2n) is 4.75. The molecule has 1 fully saturated rings. The average molecular weight is 245 g/mol. The van der Waals surface area contributed by atoms with Gasteiger partial charge in [-0.3, -0.25) is 4.79 Å². The molecular formula is C14H15NO3. The number of Topliss-reactive ketones (excluding diaryl/α,β-unsaturated/α-hetero) is 1. The molecule has 2 aromatic rings. The van der Waals surface area contributed by atoms with Gasteiger partial charge in [0.2, 0.25) is 5.78 Å². The molecule has 1 aliphatic heterocycles. The molecule has 1 aromatic carbocycles. The smallest absolute Gasteiger partial charge is 0.217 e. The lowest BCUT2D eigenvalue weighted by Crippen LogP contribution is -2.51. The number of carbonyl (C=O) groups excluding carboxylic acids is 1. The Hall–Kier alpha value is -1.65. The minimum atomic E-state index is -0.841. The maximum atomic E-state index is 12.4. The highest BCUT2D eigenvalue weighted by Crippen LogP contribution is 2.26. The van der Waals surface area contributed by atoms with E-state index in [9.17, 15) is 4.79 Å². The summed E-state index contributed by atoms with van der Waals surface area (Å²) in [6.45, 7) is 1.06. The van der Waals surface area contributed by atoms with Gasteiger partial charge in [-0.2, -0.15) is 0 Å². The number of ether oxygens (including phenoxy) is 1. The summed E-state index contributed by atoms with van der Waals surface area (Å²) >= 11 is 0. The molecule has 2 N–H and O–H groups in total. The van der Waals surface area contributed by atoms with E-state index in [0.717, 1.165) is 11.0 Å². The van der Waals surface area contributed by atoms with Crippen LogP contribution in [0.25, 0.3) is 11.0 Å². The molecule has 4 heteroatoms. The van der Waals surface area contributed by atoms with Crippen LogP contribution in [-0.2, 0) is 4.74 Å². The Morgan fingerprint density at radius 3 is 2.67 bits per heavy atom. The zero-order valence-electron chi connectivity index (χ0n) is 10.0. The van der Waals surface area contributed by atoms with Gasteiger partial charge in [0.25, 0.3) is 0 Å². The first kappa shape index (κ1) is 11.4. The zero-order valence-corrected chi connectivity index (χ0v) is 10.0. The molecule has 94 valence electrons. The molecule has 4 nitrogen and oxygen atoms in total. The molecular weight excluding hydrogens is 230 g/mol. The number of nitrogens with two attached hydrogens (primary N) is 1. The highest BCUT2D eigenvalue weighted by atomic mass is 16.5. The first-order valence-electron chi connectivity index (χ1n) is 6.09. The Labute approximate surface area is 105 Å². The topological polar surface area (TPSA) is 65.5 Å². The first-order valence-corrected chi connectivity index (χ1v) is 6.09. The summed E-state index contributed by atoms with van der Waals surface area (Å²) in [6, 6.07) is 9.33. The molecule has 0 aliphatic carbocycles. The normalized spacial score (nSPS) is 18.9. The summed E-state index contributed by atoms with van der Waals surface area (Å²) in [5.74, 6) is 0.225. The van der Waals surface area contributed by atoms with Gasteiger partial charge in [0, 0.05) is 18.6 Å². The van der Waals surface area contributed by atoms with E-state index in [1.807, 2.05) is 24.3 Å². The SMILES string of the molecule is NC1(C(=O)c2cc3ccccc3o2)CCOCC1. The van der Waals surface area contributed by atoms with Crippen molar-refractivity contribution in [3.63, 3.8) is 0 Å². The Kier molecular flexibility index (Phi) is 2.69. The third-order valence-electron chi connectivity index (χ3n) is 3.49. The molecule has 2 heterocycles. The Balaban J connectivity index is 1.96. The number of carbonyl (C=O) groups is 1. The third kappa shape index (κ3) is 1.83. The second kappa shape index (κ2) is 4.23. The van der Waals surface area contributed by atoms with Gasteiger partial charge >= 0.3 is 0 Å². The number of para-hydroxylation sites is 1. The first-order chi connectivity index (χ1) is 8.69. The van der Waals surface area contributed by atoms with E-state index in [4.69, 9.17) is 14.9 Å². The Morgan fingerprint density at radius 1 is 1.22 bits per heavy atom. The fourth-order valence-electron chi connectivity index (χ4n) is 2.30. The zero-order chi connectivity index (χ0) is 12.6. The van der Waals surface area contributed by atoms with Crippen LogP contribution in [0.4, 0.5) is 0 Å². The number of hydrogen-bond donors (Lipinski definition) is 1. The second-order valence-corrected chi connectivity index (χ2v) is 4.75. The fourth-order valence-corrected chi connectivity index (χ4v) is 2.30. The van der Waals surface area contributed by atoms with Crippen LogP contribution < -0.4 is 5.73 Å². The molecule has 1 aromatic heterocycles. The predicted molar refractivity (Wildman–Crippen MR) is 67.5 cm³/mol. The summed E-state index contributed by atoms with van der Waals surface area (Å²) in [5, 5.41) is 0.927. The van der Waals surface area contributed by atoms with Gasteiger partial charge in [-0.25, -0.2) is 0 Å². The van der Waals surface area contributed by atoms with Gasteiger partial charge in [-0.15, -0.1) is 0 Å². The van der Waals surface area contributed by atoms with Crippen LogP contribution >= 0.6 is 0 Å². The van der Waals surface area contributed by atoms with Gasteiger partial charge in [0.15, 0.2) is 5.76 Å². The van der Waals surface area contributed by atoms with Crippen LogP contribution in [0.3, 0.4) is 0 Å². The minimum Gasteiger partial charge on any atom is -0.453 e. The van der Waals surface area contributed by atoms with Crippen LogP contribution in [0, 0.1) is 0 Å². The van der Waals surface area contributed by atoms with Crippen LogP contribution in [0.1, 0.15) is 23.4 Å². The lowest BCUT2D eigenvalue weighted by atomic mass is 9.85. The molecule has 18 heavy (non-hydrogen) atoms. The molecule has 0 saturated carbocycles. The number of benzene rings is 1. The summed E-state index contributed by atoms with van der Waals surface area (Å²) in [7, 11) is 0. The number of rotatable bonds is 2. The van der Waals surface area contributed by atoms with Gasteiger partial charge in [0.05, 0.1) is 5.54 Å². The highest BCUT2D eigenvalue weighted by Gasteiger charge is 2.38. The van der Waals surface area contributed by atoms with E-state index in [-0.39, 0.29) is 5.78 Å². The maximum absolute atomic E-state index is 12.4. The lowest BCUT2D eigenvalue weighted by Gasteiger charge is -2.30. The molecule has 0 unspecified atom stereocenters. The number of fused-ring (bicyclic) bond motifs is 1. The fraction of sp³-hybridized carbons (Fsp3) is 0.357. The summed E-state index contributed by atoms with van der Waals surface area (Å²) in [6.07, 6.45) is 1.09. The quantitative estimate of drug-likeness (QED) is 0.823. The standard InChI is InChI=1S/C14H15NO3/c15-14(5-7-17-8-6-14)13(16)12-9-10-3-1-2-4-11(10)18-12/h1-4,9H,5-8,15H2. The maximum Gasteiger partial charge on any atom is 0.217 e. The van der Waals surface area contributed by atoms with Crippen molar-refractivity contribution in [2.75, 3.05) is 13.2 Å². The predicted octanol–water partition coefficient (Wildman–Crippen LogP) is 2.12. The van der Waals surface area contributed by atoms with E-state index in [1.165, 1.54) is 0 Å². The van der Waals surface area contributed by atoms with E-state index in [1.54, 1.807) is 6.07 Å². The lowest BCUT2D eigenvalue weighted by molar-refractivity contribution is 0.0432. The van der Waals surface area contributed by atoms with Crippen molar-refractivity contribution < 1.29 is 13.9 Å². The van der Waals surface area contributed by atoms with Gasteiger partial charge in [-0.05, 0) is 25.0 Å². The molecule has 0 amide bonds. The van der Waals surface area contributed by atoms with E-state index < -0.39 is 5.54 Å². The molecule has 0 spiro atoms. The van der Waals surface area contributed by atoms with Crippen molar-refractivity contribution in [3.8, 4) is 0 Å². The van der Waals surface area contributed by atoms with Gasteiger partial charge < -0.3 is 14.9 Å². The van der Waals surface area contributed by atoms with Crippen LogP contribution in [0.15, 0.2) is 34.7 Å². The van der Waals surface area contributed by atoms with Crippen LogP contribution in [0.5, 0.6) is 0 Å². The molecule has 1 saturated heterocycles. The van der Waals surface area contributed by atoms with Crippen molar-refractivity contribution in [1.82, 2.24) is 0 Å². The molecule has 0 atom stereocenters. The summed E-state index contributed by atoms with van der Waals surface area (Å²) in [4.78, 5) is 12.4. The van der Waals surface area contributed by atoms with Crippen molar-refractivity contribution in [2.24, 2.45) is 5.73 Å². The number of ketones is 1. The molecule has 0 radical (unpaired) electrons. The Bertz CT molecular complexity index is 548. The minimum absolute atomic E-state index is 0.123. The highest BCUT2D eigenvalue weighted by molar-refractivity contribution is 6.03. The van der Waals surface area contributed by atoms with Crippen LogP contribution in [-0.4, -0.2) is 24.5 Å². The largest absolute Gasteiger partial charge is 0.453 e. The summed E-state index contributed by atoms with van der Waals surface area (Å²) < 4.78 is 10.8.